The number of carbonyl (C=O) groups excluding carboxylic acids is 3. The molecule has 1 fully saturated rings. The molecule has 1 aliphatic heterocycles. The second-order valence-electron chi connectivity index (χ2n) is 14.0. The van der Waals surface area contributed by atoms with Gasteiger partial charge < -0.3 is 9.47 Å². The molecule has 0 aromatic heterocycles. The summed E-state index contributed by atoms with van der Waals surface area (Å²) in [4.78, 5) is 38.8. The van der Waals surface area contributed by atoms with Crippen molar-refractivity contribution < 1.29 is 23.9 Å². The van der Waals surface area contributed by atoms with E-state index in [0.717, 1.165) is 44.9 Å². The summed E-state index contributed by atoms with van der Waals surface area (Å²) in [5, 5.41) is 0. The highest BCUT2D eigenvalue weighted by atomic mass is 16.7. The topological polar surface area (TPSA) is 69.7 Å². The normalized spacial score (nSPS) is 15.4. The maximum Gasteiger partial charge on any atom is 0.319 e. The van der Waals surface area contributed by atoms with E-state index in [4.69, 9.17) is 9.47 Å². The number of carbonyl (C=O) groups is 3. The van der Waals surface area contributed by atoms with Gasteiger partial charge in [-0.2, -0.15) is 0 Å². The van der Waals surface area contributed by atoms with Crippen LogP contribution in [-0.2, 0) is 23.9 Å². The fourth-order valence-electron chi connectivity index (χ4n) is 6.55. The van der Waals surface area contributed by atoms with Crippen LogP contribution >= 0.6 is 0 Å². The molecule has 0 saturated carbocycles. The van der Waals surface area contributed by atoms with Gasteiger partial charge in [-0.05, 0) is 19.3 Å². The van der Waals surface area contributed by atoms with Crippen LogP contribution in [0.5, 0.6) is 0 Å². The minimum atomic E-state index is -0.967. The smallest absolute Gasteiger partial charge is 0.319 e. The molecule has 1 saturated heterocycles. The largest absolute Gasteiger partial charge is 0.435 e. The van der Waals surface area contributed by atoms with Crippen molar-refractivity contribution in [1.82, 2.24) is 0 Å². The van der Waals surface area contributed by atoms with E-state index in [1.165, 1.54) is 141 Å². The Morgan fingerprint density at radius 1 is 0.556 bits per heavy atom. The number of Topliss-reactive ketones (excluding diaryl/α,β-unsaturated/α-hetero) is 2. The molecule has 0 aromatic rings. The lowest BCUT2D eigenvalue weighted by atomic mass is 9.92. The number of ether oxygens (including phenoxy) is 2. The first-order chi connectivity index (χ1) is 22.1. The van der Waals surface area contributed by atoms with Crippen LogP contribution in [0.25, 0.3) is 0 Å². The third-order valence-corrected chi connectivity index (χ3v) is 9.62. The highest BCUT2D eigenvalue weighted by Gasteiger charge is 2.34. The van der Waals surface area contributed by atoms with E-state index in [1.807, 2.05) is 0 Å². The molecule has 0 aliphatic carbocycles. The Balaban J connectivity index is 2.19. The summed E-state index contributed by atoms with van der Waals surface area (Å²) in [6.07, 6.45) is 36.7. The van der Waals surface area contributed by atoms with Gasteiger partial charge in [0.2, 0.25) is 12.1 Å². The molecular weight excluding hydrogens is 560 g/mol. The van der Waals surface area contributed by atoms with Gasteiger partial charge in [0.1, 0.15) is 5.92 Å². The van der Waals surface area contributed by atoms with Crippen molar-refractivity contribution >= 4 is 17.5 Å². The van der Waals surface area contributed by atoms with Crippen molar-refractivity contribution in [1.29, 1.82) is 0 Å². The summed E-state index contributed by atoms with van der Waals surface area (Å²) in [6, 6.07) is 0. The van der Waals surface area contributed by atoms with Crippen LogP contribution in [0.1, 0.15) is 219 Å². The second kappa shape index (κ2) is 31.4. The van der Waals surface area contributed by atoms with Gasteiger partial charge in [-0.3, -0.25) is 14.4 Å². The lowest BCUT2D eigenvalue weighted by Gasteiger charge is -2.17. The van der Waals surface area contributed by atoms with Gasteiger partial charge >= 0.3 is 5.97 Å². The molecule has 0 amide bonds. The van der Waals surface area contributed by atoms with Crippen LogP contribution in [0.2, 0.25) is 0 Å². The maximum absolute atomic E-state index is 13.1. The summed E-state index contributed by atoms with van der Waals surface area (Å²) < 4.78 is 11.0. The van der Waals surface area contributed by atoms with Crippen molar-refractivity contribution in [3.05, 3.63) is 0 Å². The Morgan fingerprint density at radius 3 is 1.31 bits per heavy atom. The molecule has 5 heteroatoms. The van der Waals surface area contributed by atoms with E-state index in [1.54, 1.807) is 0 Å². The van der Waals surface area contributed by atoms with Crippen molar-refractivity contribution in [2.45, 2.75) is 226 Å². The van der Waals surface area contributed by atoms with E-state index in [0.29, 0.717) is 19.4 Å². The predicted octanol–water partition coefficient (Wildman–Crippen LogP) is 12.2. The fourth-order valence-corrected chi connectivity index (χ4v) is 6.55. The Labute approximate surface area is 279 Å². The zero-order valence-electron chi connectivity index (χ0n) is 30.0. The van der Waals surface area contributed by atoms with Gasteiger partial charge in [-0.25, -0.2) is 0 Å². The van der Waals surface area contributed by atoms with Crippen LogP contribution < -0.4 is 0 Å². The van der Waals surface area contributed by atoms with Crippen molar-refractivity contribution in [3.8, 4) is 0 Å². The van der Waals surface area contributed by atoms with Crippen LogP contribution in [0.3, 0.4) is 0 Å². The summed E-state index contributed by atoms with van der Waals surface area (Å²) in [7, 11) is 0. The minimum absolute atomic E-state index is 0.249. The van der Waals surface area contributed by atoms with Crippen molar-refractivity contribution in [2.24, 2.45) is 5.92 Å². The van der Waals surface area contributed by atoms with Gasteiger partial charge in [0.05, 0.1) is 6.61 Å². The van der Waals surface area contributed by atoms with Crippen molar-refractivity contribution in [2.75, 3.05) is 6.61 Å². The van der Waals surface area contributed by atoms with E-state index < -0.39 is 29.7 Å². The quantitative estimate of drug-likeness (QED) is 0.0305. The molecule has 0 bridgehead atoms. The number of hydrogen-bond acceptors (Lipinski definition) is 5. The Morgan fingerprint density at radius 2 is 0.933 bits per heavy atom. The number of esters is 1. The third kappa shape index (κ3) is 24.6. The molecule has 5 nitrogen and oxygen atoms in total. The first-order valence-electron chi connectivity index (χ1n) is 20.0. The van der Waals surface area contributed by atoms with Crippen LogP contribution in [0, 0.1) is 5.92 Å². The molecule has 1 aliphatic rings. The molecule has 2 unspecified atom stereocenters. The number of hydrogen-bond donors (Lipinski definition) is 0. The Hall–Kier alpha value is -1.23. The fraction of sp³-hybridized carbons (Fsp3) is 0.925. The molecule has 0 aromatic carbocycles. The van der Waals surface area contributed by atoms with Gasteiger partial charge in [0, 0.05) is 12.8 Å². The SMILES string of the molecule is CCCCCCCCCCCCCCCCC(=O)C(=O)C(CCCCCCCCCCCCCCCC)C(=O)OC1CCCO1. The molecule has 45 heavy (non-hydrogen) atoms. The number of ketones is 2. The Kier molecular flexibility index (Phi) is 29.1. The lowest BCUT2D eigenvalue weighted by Crippen LogP contribution is -2.33. The van der Waals surface area contributed by atoms with E-state index >= 15 is 0 Å². The third-order valence-electron chi connectivity index (χ3n) is 9.62. The molecule has 0 radical (unpaired) electrons. The van der Waals surface area contributed by atoms with E-state index in [2.05, 4.69) is 13.8 Å². The van der Waals surface area contributed by atoms with Gasteiger partial charge in [-0.1, -0.05) is 187 Å². The van der Waals surface area contributed by atoms with Gasteiger partial charge in [-0.15, -0.1) is 0 Å². The predicted molar refractivity (Wildman–Crippen MR) is 188 cm³/mol. The molecule has 1 heterocycles. The molecular formula is C40H74O5. The maximum atomic E-state index is 13.1. The summed E-state index contributed by atoms with van der Waals surface area (Å²) in [5.41, 5.74) is 0. The van der Waals surface area contributed by atoms with Crippen molar-refractivity contribution in [3.63, 3.8) is 0 Å². The monoisotopic (exact) mass is 635 g/mol. The second-order valence-corrected chi connectivity index (χ2v) is 14.0. The minimum Gasteiger partial charge on any atom is -0.435 e. The van der Waals surface area contributed by atoms with E-state index in [-0.39, 0.29) is 6.42 Å². The standard InChI is InChI=1S/C40H74O5/c1-3-5-7-9-11-13-15-17-19-21-23-25-27-29-32-36(40(43)45-38-34-31-35-44-38)39(42)37(41)33-30-28-26-24-22-20-18-16-14-12-10-8-6-4-2/h36,38H,3-35H2,1-2H3. The van der Waals surface area contributed by atoms with Crippen LogP contribution in [-0.4, -0.2) is 30.4 Å². The molecule has 0 N–H and O–H groups in total. The summed E-state index contributed by atoms with van der Waals surface area (Å²) in [6.45, 7) is 5.11. The highest BCUT2D eigenvalue weighted by molar-refractivity contribution is 6.41. The molecule has 2 atom stereocenters. The van der Waals surface area contributed by atoms with E-state index in [9.17, 15) is 14.4 Å². The first kappa shape index (κ1) is 41.8. The Bertz CT molecular complexity index is 699. The van der Waals surface area contributed by atoms with Gasteiger partial charge in [0.15, 0.2) is 5.78 Å². The van der Waals surface area contributed by atoms with Crippen LogP contribution in [0.15, 0.2) is 0 Å². The summed E-state index contributed by atoms with van der Waals surface area (Å²) >= 11 is 0. The number of rotatable bonds is 34. The number of unbranched alkanes of at least 4 members (excludes halogenated alkanes) is 26. The zero-order chi connectivity index (χ0) is 32.6. The zero-order valence-corrected chi connectivity index (χ0v) is 30.0. The average Bonchev–Trinajstić information content (AvgIpc) is 3.55. The molecule has 1 rings (SSSR count). The lowest BCUT2D eigenvalue weighted by molar-refractivity contribution is -0.176. The molecule has 0 spiro atoms. The first-order valence-corrected chi connectivity index (χ1v) is 20.0. The summed E-state index contributed by atoms with van der Waals surface area (Å²) in [5.74, 6) is -2.46. The van der Waals surface area contributed by atoms with Gasteiger partial charge in [0.25, 0.3) is 0 Å². The molecule has 264 valence electrons. The van der Waals surface area contributed by atoms with Crippen LogP contribution in [0.4, 0.5) is 0 Å². The highest BCUT2D eigenvalue weighted by Crippen LogP contribution is 2.21. The average molecular weight is 635 g/mol.